The van der Waals surface area contributed by atoms with Crippen LogP contribution in [-0.2, 0) is 6.42 Å². The quantitative estimate of drug-likeness (QED) is 0.759. The van der Waals surface area contributed by atoms with Gasteiger partial charge in [0.2, 0.25) is 0 Å². The highest BCUT2D eigenvalue weighted by Gasteiger charge is 2.10. The molecule has 1 N–H and O–H groups in total. The number of aromatic nitrogens is 3. The van der Waals surface area contributed by atoms with Gasteiger partial charge in [-0.3, -0.25) is 4.79 Å². The van der Waals surface area contributed by atoms with Crippen LogP contribution in [0.25, 0.3) is 5.69 Å². The lowest BCUT2D eigenvalue weighted by molar-refractivity contribution is 0.0938. The number of amides is 1. The van der Waals surface area contributed by atoms with Crippen LogP contribution in [0.5, 0.6) is 0 Å². The predicted octanol–water partition coefficient (Wildman–Crippen LogP) is 3.02. The minimum Gasteiger partial charge on any atom is -0.350 e. The van der Waals surface area contributed by atoms with Crippen LogP contribution < -0.4 is 5.32 Å². The Morgan fingerprint density at radius 1 is 1.12 bits per heavy atom. The molecule has 1 amide bonds. The molecular weight excluding hydrogens is 300 g/mol. The number of rotatable bonds is 6. The first kappa shape index (κ1) is 15.9. The minimum absolute atomic E-state index is 0.0549. The van der Waals surface area contributed by atoms with Crippen molar-refractivity contribution in [2.24, 2.45) is 0 Å². The number of nitrogens with zero attached hydrogens (tertiary/aromatic N) is 3. The molecule has 5 heteroatoms. The number of carbonyl (C=O) groups excluding carboxylic acids is 1. The zero-order chi connectivity index (χ0) is 16.8. The van der Waals surface area contributed by atoms with E-state index in [1.165, 1.54) is 11.9 Å². The smallest absolute Gasteiger partial charge is 0.251 e. The van der Waals surface area contributed by atoms with Gasteiger partial charge in [0.05, 0.1) is 5.69 Å². The van der Waals surface area contributed by atoms with Crippen molar-refractivity contribution in [3.05, 3.63) is 78.4 Å². The molecule has 0 saturated heterocycles. The standard InChI is InChI=1S/C19H20N4O/c1-15(7-8-16-5-3-2-4-6-16)22-19(24)17-9-11-18(12-10-17)23-14-20-13-21-23/h2-6,9-15H,7-8H2,1H3,(H,22,24). The van der Waals surface area contributed by atoms with E-state index in [-0.39, 0.29) is 11.9 Å². The summed E-state index contributed by atoms with van der Waals surface area (Å²) >= 11 is 0. The average Bonchev–Trinajstić information content (AvgIpc) is 3.16. The van der Waals surface area contributed by atoms with E-state index in [4.69, 9.17) is 0 Å². The Balaban J connectivity index is 1.54. The summed E-state index contributed by atoms with van der Waals surface area (Å²) in [5, 5.41) is 7.11. The second-order valence-electron chi connectivity index (χ2n) is 5.79. The van der Waals surface area contributed by atoms with Gasteiger partial charge >= 0.3 is 0 Å². The topological polar surface area (TPSA) is 59.8 Å². The van der Waals surface area contributed by atoms with Crippen molar-refractivity contribution in [1.82, 2.24) is 20.1 Å². The monoisotopic (exact) mass is 320 g/mol. The van der Waals surface area contributed by atoms with Crippen molar-refractivity contribution in [1.29, 1.82) is 0 Å². The molecule has 1 heterocycles. The zero-order valence-electron chi connectivity index (χ0n) is 13.6. The molecule has 0 spiro atoms. The number of hydrogen-bond donors (Lipinski definition) is 1. The zero-order valence-corrected chi connectivity index (χ0v) is 13.6. The molecule has 1 aromatic heterocycles. The lowest BCUT2D eigenvalue weighted by atomic mass is 10.1. The summed E-state index contributed by atoms with van der Waals surface area (Å²) in [4.78, 5) is 16.2. The molecule has 0 aliphatic heterocycles. The fraction of sp³-hybridized carbons (Fsp3) is 0.211. The molecule has 0 aliphatic carbocycles. The van der Waals surface area contributed by atoms with Crippen molar-refractivity contribution in [3.63, 3.8) is 0 Å². The lowest BCUT2D eigenvalue weighted by Crippen LogP contribution is -2.32. The molecule has 2 aromatic carbocycles. The average molecular weight is 320 g/mol. The Kier molecular flexibility index (Phi) is 5.01. The maximum atomic E-state index is 12.3. The van der Waals surface area contributed by atoms with Crippen LogP contribution >= 0.6 is 0 Å². The summed E-state index contributed by atoms with van der Waals surface area (Å²) < 4.78 is 1.66. The van der Waals surface area contributed by atoms with E-state index >= 15 is 0 Å². The third kappa shape index (κ3) is 4.07. The van der Waals surface area contributed by atoms with E-state index < -0.39 is 0 Å². The Bertz CT molecular complexity index is 767. The van der Waals surface area contributed by atoms with Crippen molar-refractivity contribution in [3.8, 4) is 5.69 Å². The minimum atomic E-state index is -0.0549. The summed E-state index contributed by atoms with van der Waals surface area (Å²) in [6, 6.07) is 17.7. The van der Waals surface area contributed by atoms with Gasteiger partial charge in [0.25, 0.3) is 5.91 Å². The van der Waals surface area contributed by atoms with Crippen LogP contribution in [0.3, 0.4) is 0 Å². The van der Waals surface area contributed by atoms with E-state index in [0.29, 0.717) is 5.56 Å². The second-order valence-corrected chi connectivity index (χ2v) is 5.79. The molecule has 0 aliphatic rings. The van der Waals surface area contributed by atoms with Crippen LogP contribution in [0.2, 0.25) is 0 Å². The second kappa shape index (κ2) is 7.55. The van der Waals surface area contributed by atoms with Crippen LogP contribution in [0.4, 0.5) is 0 Å². The highest BCUT2D eigenvalue weighted by Crippen LogP contribution is 2.09. The molecular formula is C19H20N4O. The summed E-state index contributed by atoms with van der Waals surface area (Å²) in [6.45, 7) is 2.03. The van der Waals surface area contributed by atoms with E-state index in [1.54, 1.807) is 23.1 Å². The molecule has 0 bridgehead atoms. The Morgan fingerprint density at radius 3 is 2.54 bits per heavy atom. The largest absolute Gasteiger partial charge is 0.350 e. The Labute approximate surface area is 141 Å². The van der Waals surface area contributed by atoms with Gasteiger partial charge in [-0.1, -0.05) is 30.3 Å². The predicted molar refractivity (Wildman–Crippen MR) is 93.1 cm³/mol. The third-order valence-corrected chi connectivity index (χ3v) is 3.90. The van der Waals surface area contributed by atoms with E-state index in [0.717, 1.165) is 18.5 Å². The van der Waals surface area contributed by atoms with E-state index in [2.05, 4.69) is 27.5 Å². The van der Waals surface area contributed by atoms with Crippen molar-refractivity contribution in [2.75, 3.05) is 0 Å². The first-order chi connectivity index (χ1) is 11.7. The van der Waals surface area contributed by atoms with E-state index in [9.17, 15) is 4.79 Å². The molecule has 1 atom stereocenters. The van der Waals surface area contributed by atoms with Gasteiger partial charge in [-0.25, -0.2) is 9.67 Å². The maximum Gasteiger partial charge on any atom is 0.251 e. The van der Waals surface area contributed by atoms with Crippen LogP contribution in [0.15, 0.2) is 67.3 Å². The third-order valence-electron chi connectivity index (χ3n) is 3.90. The molecule has 1 unspecified atom stereocenters. The fourth-order valence-corrected chi connectivity index (χ4v) is 2.51. The SMILES string of the molecule is CC(CCc1ccccc1)NC(=O)c1ccc(-n2cncn2)cc1. The summed E-state index contributed by atoms with van der Waals surface area (Å²) in [7, 11) is 0. The maximum absolute atomic E-state index is 12.3. The van der Waals surface area contributed by atoms with Crippen LogP contribution in [-0.4, -0.2) is 26.7 Å². The van der Waals surface area contributed by atoms with Crippen molar-refractivity contribution in [2.45, 2.75) is 25.8 Å². The highest BCUT2D eigenvalue weighted by atomic mass is 16.1. The highest BCUT2D eigenvalue weighted by molar-refractivity contribution is 5.94. The molecule has 0 radical (unpaired) electrons. The molecule has 24 heavy (non-hydrogen) atoms. The Hall–Kier alpha value is -2.95. The molecule has 0 fully saturated rings. The normalized spacial score (nSPS) is 11.9. The van der Waals surface area contributed by atoms with Gasteiger partial charge in [-0.2, -0.15) is 5.10 Å². The van der Waals surface area contributed by atoms with Crippen LogP contribution in [0.1, 0.15) is 29.3 Å². The number of carbonyl (C=O) groups is 1. The van der Waals surface area contributed by atoms with Crippen molar-refractivity contribution >= 4 is 5.91 Å². The summed E-state index contributed by atoms with van der Waals surface area (Å²) in [5.41, 5.74) is 2.81. The molecule has 3 aromatic rings. The van der Waals surface area contributed by atoms with Gasteiger partial charge < -0.3 is 5.32 Å². The molecule has 0 saturated carbocycles. The molecule has 3 rings (SSSR count). The lowest BCUT2D eigenvalue weighted by Gasteiger charge is -2.14. The van der Waals surface area contributed by atoms with Gasteiger partial charge in [-0.15, -0.1) is 0 Å². The first-order valence-corrected chi connectivity index (χ1v) is 8.02. The van der Waals surface area contributed by atoms with Gasteiger partial charge in [0, 0.05) is 11.6 Å². The van der Waals surface area contributed by atoms with Crippen molar-refractivity contribution < 1.29 is 4.79 Å². The van der Waals surface area contributed by atoms with Gasteiger partial charge in [0.1, 0.15) is 12.7 Å². The first-order valence-electron chi connectivity index (χ1n) is 8.02. The summed E-state index contributed by atoms with van der Waals surface area (Å²) in [6.07, 6.45) is 4.97. The molecule has 122 valence electrons. The fourth-order valence-electron chi connectivity index (χ4n) is 2.51. The Morgan fingerprint density at radius 2 is 1.88 bits per heavy atom. The van der Waals surface area contributed by atoms with Gasteiger partial charge in [-0.05, 0) is 49.6 Å². The van der Waals surface area contributed by atoms with Crippen LogP contribution in [0, 0.1) is 0 Å². The van der Waals surface area contributed by atoms with E-state index in [1.807, 2.05) is 37.3 Å². The number of benzene rings is 2. The molecule has 5 nitrogen and oxygen atoms in total. The number of aryl methyl sites for hydroxylation is 1. The van der Waals surface area contributed by atoms with Gasteiger partial charge in [0.15, 0.2) is 0 Å². The summed E-state index contributed by atoms with van der Waals surface area (Å²) in [5.74, 6) is -0.0549. The number of nitrogens with one attached hydrogen (secondary N) is 1. The number of hydrogen-bond acceptors (Lipinski definition) is 3.